The van der Waals surface area contributed by atoms with E-state index in [4.69, 9.17) is 0 Å². The molecule has 0 fully saturated rings. The van der Waals surface area contributed by atoms with E-state index in [0.717, 1.165) is 39.7 Å². The highest BCUT2D eigenvalue weighted by atomic mass is 16.1. The maximum absolute atomic E-state index is 13.0. The molecular formula is C24H31N3O. The van der Waals surface area contributed by atoms with Crippen molar-refractivity contribution in [2.24, 2.45) is 7.05 Å². The number of allylic oxidation sites excluding steroid dienone is 5. The van der Waals surface area contributed by atoms with Crippen molar-refractivity contribution in [3.8, 4) is 0 Å². The SMILES string of the molecule is C=C(/C=C(\C=C(C)C)C(=O)Nc1nc2ccc(C)cc2n1C)/C(C)=C(/C)CC. The fourth-order valence-corrected chi connectivity index (χ4v) is 2.90. The van der Waals surface area contributed by atoms with E-state index < -0.39 is 0 Å². The zero-order chi connectivity index (χ0) is 21.0. The molecule has 0 aliphatic carbocycles. The molecule has 0 aliphatic rings. The molecule has 2 aromatic rings. The van der Waals surface area contributed by atoms with Crippen LogP contribution < -0.4 is 5.32 Å². The van der Waals surface area contributed by atoms with Crippen LogP contribution in [0.15, 0.2) is 64.8 Å². The molecule has 0 aliphatic heterocycles. The Labute approximate surface area is 168 Å². The number of benzene rings is 1. The van der Waals surface area contributed by atoms with E-state index in [1.165, 1.54) is 5.57 Å². The summed E-state index contributed by atoms with van der Waals surface area (Å²) in [4.78, 5) is 17.6. The number of nitrogens with zero attached hydrogens (tertiary/aromatic N) is 2. The van der Waals surface area contributed by atoms with Gasteiger partial charge in [0.25, 0.3) is 5.91 Å². The monoisotopic (exact) mass is 377 g/mol. The molecule has 4 nitrogen and oxygen atoms in total. The lowest BCUT2D eigenvalue weighted by molar-refractivity contribution is -0.112. The second-order valence-electron chi connectivity index (χ2n) is 7.55. The van der Waals surface area contributed by atoms with Crippen molar-refractivity contribution in [2.45, 2.75) is 48.0 Å². The number of anilines is 1. The molecule has 0 unspecified atom stereocenters. The summed E-state index contributed by atoms with van der Waals surface area (Å²) in [6.07, 6.45) is 4.69. The van der Waals surface area contributed by atoms with Crippen LogP contribution in [0.25, 0.3) is 11.0 Å². The van der Waals surface area contributed by atoms with Crippen LogP contribution in [-0.2, 0) is 11.8 Å². The molecular weight excluding hydrogens is 346 g/mol. The number of rotatable bonds is 6. The molecule has 0 radical (unpaired) electrons. The lowest BCUT2D eigenvalue weighted by Crippen LogP contribution is -2.16. The standard InChI is InChI=1S/C24H31N3O/c1-9-17(5)19(7)18(6)14-20(12-15(2)3)23(28)26-24-25-21-11-10-16(4)13-22(21)27(24)8/h10-14H,6,9H2,1-5,7-8H3,(H,25,26,28)/b19-17-,20-14+. The number of amides is 1. The number of imidazole rings is 1. The molecule has 0 saturated heterocycles. The van der Waals surface area contributed by atoms with Gasteiger partial charge in [0.2, 0.25) is 5.95 Å². The highest BCUT2D eigenvalue weighted by Crippen LogP contribution is 2.22. The fraction of sp³-hybridized carbons (Fsp3) is 0.333. The first kappa shape index (κ1) is 21.4. The van der Waals surface area contributed by atoms with Crippen molar-refractivity contribution in [2.75, 3.05) is 5.32 Å². The zero-order valence-corrected chi connectivity index (χ0v) is 18.1. The number of fused-ring (bicyclic) bond motifs is 1. The minimum absolute atomic E-state index is 0.195. The van der Waals surface area contributed by atoms with Gasteiger partial charge < -0.3 is 4.57 Å². The van der Waals surface area contributed by atoms with Crippen LogP contribution in [0.1, 0.15) is 46.6 Å². The average Bonchev–Trinajstić information content (AvgIpc) is 2.94. The number of aromatic nitrogens is 2. The Kier molecular flexibility index (Phi) is 6.79. The molecule has 148 valence electrons. The van der Waals surface area contributed by atoms with E-state index in [9.17, 15) is 4.79 Å². The van der Waals surface area contributed by atoms with E-state index in [-0.39, 0.29) is 5.91 Å². The van der Waals surface area contributed by atoms with Gasteiger partial charge in [0.05, 0.1) is 11.0 Å². The average molecular weight is 378 g/mol. The minimum Gasteiger partial charge on any atom is -0.313 e. The molecule has 2 rings (SSSR count). The summed E-state index contributed by atoms with van der Waals surface area (Å²) in [6.45, 7) is 16.4. The third-order valence-corrected chi connectivity index (χ3v) is 4.95. The summed E-state index contributed by atoms with van der Waals surface area (Å²) < 4.78 is 1.90. The van der Waals surface area contributed by atoms with Crippen molar-refractivity contribution in [1.82, 2.24) is 9.55 Å². The summed E-state index contributed by atoms with van der Waals surface area (Å²) in [7, 11) is 1.91. The lowest BCUT2D eigenvalue weighted by Gasteiger charge is -2.10. The van der Waals surface area contributed by atoms with E-state index in [2.05, 4.69) is 36.8 Å². The predicted molar refractivity (Wildman–Crippen MR) is 119 cm³/mol. The molecule has 0 saturated carbocycles. The second kappa shape index (κ2) is 8.87. The topological polar surface area (TPSA) is 46.9 Å². The van der Waals surface area contributed by atoms with Gasteiger partial charge in [-0.25, -0.2) is 4.98 Å². The number of aryl methyl sites for hydroxylation is 2. The second-order valence-corrected chi connectivity index (χ2v) is 7.55. The Balaban J connectivity index is 2.39. The summed E-state index contributed by atoms with van der Waals surface area (Å²) >= 11 is 0. The van der Waals surface area contributed by atoms with Crippen LogP contribution in [0.2, 0.25) is 0 Å². The van der Waals surface area contributed by atoms with Crippen molar-refractivity contribution < 1.29 is 4.79 Å². The Hall–Kier alpha value is -2.88. The van der Waals surface area contributed by atoms with Crippen LogP contribution >= 0.6 is 0 Å². The third-order valence-electron chi connectivity index (χ3n) is 4.95. The molecule has 1 amide bonds. The molecule has 1 N–H and O–H groups in total. The van der Waals surface area contributed by atoms with Crippen molar-refractivity contribution in [3.63, 3.8) is 0 Å². The molecule has 28 heavy (non-hydrogen) atoms. The highest BCUT2D eigenvalue weighted by molar-refractivity contribution is 6.06. The van der Waals surface area contributed by atoms with Crippen LogP contribution in [0.5, 0.6) is 0 Å². The summed E-state index contributed by atoms with van der Waals surface area (Å²) in [5, 5.41) is 2.95. The van der Waals surface area contributed by atoms with Gasteiger partial charge in [-0.15, -0.1) is 0 Å². The fourth-order valence-electron chi connectivity index (χ4n) is 2.90. The molecule has 0 spiro atoms. The van der Waals surface area contributed by atoms with Crippen molar-refractivity contribution >= 4 is 22.9 Å². The molecule has 4 heteroatoms. The van der Waals surface area contributed by atoms with E-state index in [1.807, 2.05) is 63.6 Å². The van der Waals surface area contributed by atoms with Gasteiger partial charge in [-0.3, -0.25) is 10.1 Å². The quantitative estimate of drug-likeness (QED) is 0.494. The Morgan fingerprint density at radius 2 is 1.89 bits per heavy atom. The Bertz CT molecular complexity index is 1010. The van der Waals surface area contributed by atoms with Gasteiger partial charge in [0, 0.05) is 12.6 Å². The summed E-state index contributed by atoms with van der Waals surface area (Å²) in [5.41, 5.74) is 7.85. The number of carbonyl (C=O) groups is 1. The molecule has 1 aromatic heterocycles. The highest BCUT2D eigenvalue weighted by Gasteiger charge is 2.14. The van der Waals surface area contributed by atoms with Crippen LogP contribution in [0.4, 0.5) is 5.95 Å². The lowest BCUT2D eigenvalue weighted by atomic mass is 9.99. The van der Waals surface area contributed by atoms with E-state index in [0.29, 0.717) is 11.5 Å². The largest absolute Gasteiger partial charge is 0.313 e. The predicted octanol–water partition coefficient (Wildman–Crippen LogP) is 6.02. The maximum Gasteiger partial charge on any atom is 0.257 e. The molecule has 0 atom stereocenters. The molecule has 1 aromatic carbocycles. The number of nitrogens with one attached hydrogen (secondary N) is 1. The van der Waals surface area contributed by atoms with E-state index in [1.54, 1.807) is 0 Å². The Morgan fingerprint density at radius 3 is 2.50 bits per heavy atom. The van der Waals surface area contributed by atoms with Gasteiger partial charge >= 0.3 is 0 Å². The normalized spacial score (nSPS) is 12.6. The molecule has 1 heterocycles. The van der Waals surface area contributed by atoms with Crippen molar-refractivity contribution in [1.29, 1.82) is 0 Å². The van der Waals surface area contributed by atoms with Gasteiger partial charge in [-0.2, -0.15) is 0 Å². The molecule has 0 bridgehead atoms. The first-order chi connectivity index (χ1) is 13.1. The maximum atomic E-state index is 13.0. The van der Waals surface area contributed by atoms with Gasteiger partial charge in [-0.1, -0.05) is 36.8 Å². The summed E-state index contributed by atoms with van der Waals surface area (Å²) in [6, 6.07) is 6.05. The first-order valence-corrected chi connectivity index (χ1v) is 9.60. The third kappa shape index (κ3) is 4.89. The smallest absolute Gasteiger partial charge is 0.257 e. The number of hydrogen-bond donors (Lipinski definition) is 1. The van der Waals surface area contributed by atoms with Gasteiger partial charge in [-0.05, 0) is 76.0 Å². The number of carbonyl (C=O) groups excluding carboxylic acids is 1. The number of hydrogen-bond acceptors (Lipinski definition) is 2. The van der Waals surface area contributed by atoms with Crippen LogP contribution in [-0.4, -0.2) is 15.5 Å². The van der Waals surface area contributed by atoms with Gasteiger partial charge in [0.1, 0.15) is 0 Å². The zero-order valence-electron chi connectivity index (χ0n) is 18.1. The minimum atomic E-state index is -0.195. The van der Waals surface area contributed by atoms with Crippen LogP contribution in [0.3, 0.4) is 0 Å². The summed E-state index contributed by atoms with van der Waals surface area (Å²) in [5.74, 6) is 0.334. The Morgan fingerprint density at radius 1 is 1.21 bits per heavy atom. The first-order valence-electron chi connectivity index (χ1n) is 9.60. The van der Waals surface area contributed by atoms with Crippen molar-refractivity contribution in [3.05, 3.63) is 70.4 Å². The van der Waals surface area contributed by atoms with Gasteiger partial charge in [0.15, 0.2) is 0 Å². The van der Waals surface area contributed by atoms with Crippen LogP contribution in [0, 0.1) is 6.92 Å². The van der Waals surface area contributed by atoms with E-state index >= 15 is 0 Å².